The maximum Gasteiger partial charge on any atom is 0.261 e. The topological polar surface area (TPSA) is 171 Å². The third-order valence-electron chi connectivity index (χ3n) is 6.26. The molecule has 12 nitrogen and oxygen atoms in total. The highest BCUT2D eigenvalue weighted by Gasteiger charge is 2.30. The summed E-state index contributed by atoms with van der Waals surface area (Å²) in [5.41, 5.74) is 6.82. The Morgan fingerprint density at radius 3 is 2.32 bits per heavy atom. The Bertz CT molecular complexity index is 1200. The predicted molar refractivity (Wildman–Crippen MR) is 140 cm³/mol. The molecule has 1 aliphatic rings. The maximum atomic E-state index is 13.4. The molecule has 0 bridgehead atoms. The summed E-state index contributed by atoms with van der Waals surface area (Å²) in [7, 11) is -3.86. The number of likely N-dealkylation sites (N-methyl/N-ethyl adjacent to an activating group) is 1. The van der Waals surface area contributed by atoms with Gasteiger partial charge in [-0.25, -0.2) is 13.4 Å². The van der Waals surface area contributed by atoms with Crippen LogP contribution in [0.1, 0.15) is 60.5 Å². The van der Waals surface area contributed by atoms with E-state index in [1.54, 1.807) is 13.1 Å². The minimum Gasteiger partial charge on any atom is -0.477 e. The third-order valence-corrected chi connectivity index (χ3v) is 8.12. The fourth-order valence-corrected chi connectivity index (χ4v) is 5.74. The van der Waals surface area contributed by atoms with Gasteiger partial charge in [-0.3, -0.25) is 9.59 Å². The van der Waals surface area contributed by atoms with Crippen molar-refractivity contribution in [3.05, 3.63) is 35.3 Å². The van der Waals surface area contributed by atoms with Crippen molar-refractivity contribution in [3.8, 4) is 5.88 Å². The number of nitrogens with zero attached hydrogens (tertiary/aromatic N) is 4. The van der Waals surface area contributed by atoms with Gasteiger partial charge in [-0.2, -0.15) is 4.31 Å². The molecule has 37 heavy (non-hydrogen) atoms. The van der Waals surface area contributed by atoms with Gasteiger partial charge in [0.1, 0.15) is 10.5 Å². The van der Waals surface area contributed by atoms with Crippen LogP contribution in [0.4, 0.5) is 5.69 Å². The van der Waals surface area contributed by atoms with Crippen molar-refractivity contribution in [1.82, 2.24) is 18.8 Å². The van der Waals surface area contributed by atoms with E-state index in [1.165, 1.54) is 16.6 Å². The summed E-state index contributed by atoms with van der Waals surface area (Å²) in [6.45, 7) is 11.4. The summed E-state index contributed by atoms with van der Waals surface area (Å²) in [5.74, 6) is -1.29. The highest BCUT2D eigenvalue weighted by molar-refractivity contribution is 7.89. The lowest BCUT2D eigenvalue weighted by Crippen LogP contribution is -2.48. The molecule has 1 saturated heterocycles. The van der Waals surface area contributed by atoms with Crippen LogP contribution >= 0.6 is 0 Å². The van der Waals surface area contributed by atoms with Gasteiger partial charge in [-0.05, 0) is 32.4 Å². The van der Waals surface area contributed by atoms with Crippen LogP contribution in [0.5, 0.6) is 5.88 Å². The van der Waals surface area contributed by atoms with Crippen LogP contribution in [-0.4, -0.2) is 83.8 Å². The van der Waals surface area contributed by atoms with E-state index in [9.17, 15) is 18.0 Å². The molecule has 0 aliphatic carbocycles. The number of nitrogens with two attached hydrogens (primary N) is 1. The van der Waals surface area contributed by atoms with E-state index in [-0.39, 0.29) is 34.0 Å². The average molecular weight is 539 g/mol. The number of anilines is 1. The normalized spacial score (nSPS) is 14.7. The van der Waals surface area contributed by atoms with Crippen molar-refractivity contribution in [1.29, 1.82) is 0 Å². The van der Waals surface area contributed by atoms with Crippen LogP contribution in [0.25, 0.3) is 0 Å². The van der Waals surface area contributed by atoms with Crippen LogP contribution in [0, 0.1) is 0 Å². The summed E-state index contributed by atoms with van der Waals surface area (Å²) < 4.78 is 35.5. The van der Waals surface area contributed by atoms with Gasteiger partial charge in [0.25, 0.3) is 11.8 Å². The lowest BCUT2D eigenvalue weighted by molar-refractivity contribution is 0.100. The first kappa shape index (κ1) is 30.2. The van der Waals surface area contributed by atoms with Crippen LogP contribution in [0.2, 0.25) is 0 Å². The predicted octanol–water partition coefficient (Wildman–Crippen LogP) is 1.11. The van der Waals surface area contributed by atoms with Gasteiger partial charge >= 0.3 is 0 Å². The Labute approximate surface area is 218 Å². The van der Waals surface area contributed by atoms with E-state index < -0.39 is 21.8 Å². The maximum absolute atomic E-state index is 13.4. The molecule has 1 fully saturated rings. The number of rotatable bonds is 11. The van der Waals surface area contributed by atoms with E-state index in [2.05, 4.69) is 15.2 Å². The van der Waals surface area contributed by atoms with Crippen LogP contribution in [0.15, 0.2) is 23.4 Å². The second kappa shape index (κ2) is 13.0. The number of aryl methyl sites for hydroxylation is 1. The monoisotopic (exact) mass is 538 g/mol. The fourth-order valence-electron chi connectivity index (χ4n) is 4.35. The number of aromatic nitrogens is 2. The minimum absolute atomic E-state index is 0. The third kappa shape index (κ3) is 6.47. The number of primary amides is 1. The molecule has 2 aromatic rings. The second-order valence-electron chi connectivity index (χ2n) is 8.52. The Morgan fingerprint density at radius 1 is 1.11 bits per heavy atom. The molecule has 0 saturated carbocycles. The van der Waals surface area contributed by atoms with Gasteiger partial charge in [-0.1, -0.05) is 20.8 Å². The van der Waals surface area contributed by atoms with Gasteiger partial charge in [0.05, 0.1) is 24.1 Å². The second-order valence-corrected chi connectivity index (χ2v) is 10.5. The lowest BCUT2D eigenvalue weighted by Gasteiger charge is -2.33. The van der Waals surface area contributed by atoms with Crippen molar-refractivity contribution in [3.63, 3.8) is 0 Å². The van der Waals surface area contributed by atoms with E-state index in [0.29, 0.717) is 44.8 Å². The average Bonchev–Trinajstić information content (AvgIpc) is 3.21. The van der Waals surface area contributed by atoms with Crippen LogP contribution in [-0.2, 0) is 23.0 Å². The molecule has 3 heterocycles. The molecule has 2 aromatic heterocycles. The zero-order valence-electron chi connectivity index (χ0n) is 21.9. The molecule has 0 spiro atoms. The fraction of sp³-hybridized carbons (Fsp3) is 0.542. The Hall–Kier alpha value is -3.00. The quantitative estimate of drug-likeness (QED) is 0.431. The Balaban J connectivity index is 0.00000481. The number of amides is 2. The highest BCUT2D eigenvalue weighted by Crippen LogP contribution is 2.28. The van der Waals surface area contributed by atoms with Crippen molar-refractivity contribution in [2.75, 3.05) is 44.6 Å². The van der Waals surface area contributed by atoms with Gasteiger partial charge in [0, 0.05) is 44.6 Å². The zero-order valence-corrected chi connectivity index (χ0v) is 22.7. The SMILES string of the molecule is CCCn1cc(C(N)=O)c(NC(=O)c2cc(S(=O)(=O)N3CCN(CC)CC3)cnc2OCC)c1CC.O. The standard InChI is InChI=1S/C24H36N6O5S.H2O/c1-5-9-29-16-19(22(25)31)21(20(29)6-2)27-23(32)18-14-17(15-26-24(18)35-8-4)36(33,34)30-12-10-28(7-3)11-13-30;/h14-16H,5-13H2,1-4H3,(H2,25,31)(H,27,32);1H2. The largest absolute Gasteiger partial charge is 0.477 e. The van der Waals surface area contributed by atoms with Crippen molar-refractivity contribution < 1.29 is 28.2 Å². The summed E-state index contributed by atoms with van der Waals surface area (Å²) in [4.78, 5) is 31.8. The molecule has 0 unspecified atom stereocenters. The van der Waals surface area contributed by atoms with E-state index in [1.807, 2.05) is 25.3 Å². The lowest BCUT2D eigenvalue weighted by atomic mass is 10.2. The van der Waals surface area contributed by atoms with E-state index >= 15 is 0 Å². The molecule has 0 aromatic carbocycles. The zero-order chi connectivity index (χ0) is 26.5. The molecule has 0 atom stereocenters. The molecule has 0 radical (unpaired) electrons. The van der Waals surface area contributed by atoms with Crippen molar-refractivity contribution in [2.45, 2.75) is 52.0 Å². The van der Waals surface area contributed by atoms with Crippen molar-refractivity contribution in [2.24, 2.45) is 5.73 Å². The van der Waals surface area contributed by atoms with E-state index in [4.69, 9.17) is 10.5 Å². The summed E-state index contributed by atoms with van der Waals surface area (Å²) in [5, 5.41) is 2.78. The highest BCUT2D eigenvalue weighted by atomic mass is 32.2. The first-order valence-corrected chi connectivity index (χ1v) is 13.8. The molecule has 5 N–H and O–H groups in total. The first-order chi connectivity index (χ1) is 17.2. The molecular weight excluding hydrogens is 500 g/mol. The van der Waals surface area contributed by atoms with E-state index in [0.717, 1.165) is 18.7 Å². The van der Waals surface area contributed by atoms with Gasteiger partial charge in [0.15, 0.2) is 0 Å². The number of hydrogen-bond donors (Lipinski definition) is 2. The van der Waals surface area contributed by atoms with Crippen LogP contribution < -0.4 is 15.8 Å². The first-order valence-electron chi connectivity index (χ1n) is 12.4. The summed E-state index contributed by atoms with van der Waals surface area (Å²) >= 11 is 0. The number of ether oxygens (including phenoxy) is 1. The molecule has 206 valence electrons. The number of hydrogen-bond acceptors (Lipinski definition) is 7. The van der Waals surface area contributed by atoms with Gasteiger partial charge in [-0.15, -0.1) is 0 Å². The number of carbonyl (C=O) groups is 2. The van der Waals surface area contributed by atoms with Gasteiger partial charge in [0.2, 0.25) is 15.9 Å². The smallest absolute Gasteiger partial charge is 0.261 e. The van der Waals surface area contributed by atoms with Crippen LogP contribution in [0.3, 0.4) is 0 Å². The molecular formula is C24H38N6O6S. The Morgan fingerprint density at radius 2 is 1.78 bits per heavy atom. The number of nitrogens with one attached hydrogen (secondary N) is 1. The molecule has 13 heteroatoms. The molecule has 1 aliphatic heterocycles. The summed E-state index contributed by atoms with van der Waals surface area (Å²) in [6, 6.07) is 1.29. The molecule has 2 amide bonds. The number of pyridine rings is 1. The number of carbonyl (C=O) groups excluding carboxylic acids is 2. The van der Waals surface area contributed by atoms with Crippen molar-refractivity contribution >= 4 is 27.5 Å². The van der Waals surface area contributed by atoms with Gasteiger partial charge < -0.3 is 30.7 Å². The molecule has 3 rings (SSSR count). The Kier molecular flexibility index (Phi) is 10.6. The summed E-state index contributed by atoms with van der Waals surface area (Å²) in [6.07, 6.45) is 4.24. The minimum atomic E-state index is -3.86. The number of sulfonamides is 1. The number of piperazine rings is 1.